The van der Waals surface area contributed by atoms with Gasteiger partial charge in [-0.15, -0.1) is 0 Å². The van der Waals surface area contributed by atoms with Crippen LogP contribution in [0.3, 0.4) is 0 Å². The van der Waals surface area contributed by atoms with E-state index < -0.39 is 0 Å². The third kappa shape index (κ3) is 2.01. The van der Waals surface area contributed by atoms with Gasteiger partial charge in [0.1, 0.15) is 0 Å². The molecule has 0 radical (unpaired) electrons. The molecule has 0 atom stereocenters. The minimum absolute atomic E-state index is 0.178. The molecule has 0 saturated carbocycles. The lowest BCUT2D eigenvalue weighted by Gasteiger charge is -2.23. The predicted molar refractivity (Wildman–Crippen MR) is 57.7 cm³/mol. The van der Waals surface area contributed by atoms with Crippen LogP contribution in [0.1, 0.15) is 31.9 Å². The number of nitrogens with two attached hydrogens (primary N) is 1. The molecule has 0 unspecified atom stereocenters. The summed E-state index contributed by atoms with van der Waals surface area (Å²) in [5.41, 5.74) is 6.46. The van der Waals surface area contributed by atoms with Crippen molar-refractivity contribution in [2.75, 3.05) is 5.43 Å². The molecule has 0 aromatic heterocycles. The maximum Gasteiger partial charge on any atom is 0.0517 e. The minimum atomic E-state index is 0.178. The van der Waals surface area contributed by atoms with Gasteiger partial charge in [-0.3, -0.25) is 5.84 Å². The van der Waals surface area contributed by atoms with Crippen molar-refractivity contribution in [1.82, 2.24) is 0 Å². The molecular weight excluding hydrogens is 160 g/mol. The van der Waals surface area contributed by atoms with Crippen LogP contribution < -0.4 is 11.3 Å². The van der Waals surface area contributed by atoms with Crippen LogP contribution in [0.4, 0.5) is 5.69 Å². The van der Waals surface area contributed by atoms with Crippen molar-refractivity contribution in [3.63, 3.8) is 0 Å². The van der Waals surface area contributed by atoms with E-state index >= 15 is 0 Å². The molecule has 0 bridgehead atoms. The Labute approximate surface area is 80.1 Å². The molecule has 0 amide bonds. The lowest BCUT2D eigenvalue weighted by Crippen LogP contribution is -2.16. The summed E-state index contributed by atoms with van der Waals surface area (Å²) < 4.78 is 0. The molecular formula is C11H18N2. The second-order valence-corrected chi connectivity index (χ2v) is 4.37. The van der Waals surface area contributed by atoms with Crippen molar-refractivity contribution in [3.8, 4) is 0 Å². The van der Waals surface area contributed by atoms with E-state index in [1.165, 1.54) is 11.1 Å². The Morgan fingerprint density at radius 2 is 1.85 bits per heavy atom. The predicted octanol–water partition coefficient (Wildman–Crippen LogP) is 2.58. The highest BCUT2D eigenvalue weighted by atomic mass is 15.2. The summed E-state index contributed by atoms with van der Waals surface area (Å²) in [6.45, 7) is 8.71. The van der Waals surface area contributed by atoms with E-state index in [0.717, 1.165) is 5.69 Å². The van der Waals surface area contributed by atoms with E-state index in [4.69, 9.17) is 5.84 Å². The average molecular weight is 178 g/mol. The quantitative estimate of drug-likeness (QED) is 0.512. The first-order valence-electron chi connectivity index (χ1n) is 4.53. The van der Waals surface area contributed by atoms with E-state index in [1.54, 1.807) is 0 Å². The van der Waals surface area contributed by atoms with E-state index in [9.17, 15) is 0 Å². The van der Waals surface area contributed by atoms with Crippen molar-refractivity contribution in [2.45, 2.75) is 33.1 Å². The van der Waals surface area contributed by atoms with Crippen LogP contribution in [-0.2, 0) is 5.41 Å². The molecule has 3 N–H and O–H groups in total. The second-order valence-electron chi connectivity index (χ2n) is 4.37. The van der Waals surface area contributed by atoms with Gasteiger partial charge in [0.15, 0.2) is 0 Å². The number of nitrogens with one attached hydrogen (secondary N) is 1. The van der Waals surface area contributed by atoms with Crippen LogP contribution in [0.2, 0.25) is 0 Å². The fourth-order valence-corrected chi connectivity index (χ4v) is 1.60. The highest BCUT2D eigenvalue weighted by molar-refractivity contribution is 5.54. The van der Waals surface area contributed by atoms with Crippen LogP contribution in [0, 0.1) is 6.92 Å². The van der Waals surface area contributed by atoms with Crippen LogP contribution in [0.5, 0.6) is 0 Å². The Kier molecular flexibility index (Phi) is 2.62. The summed E-state index contributed by atoms with van der Waals surface area (Å²) in [5, 5.41) is 0. The molecule has 0 aliphatic carbocycles. The molecule has 1 rings (SSSR count). The molecule has 0 aliphatic heterocycles. The van der Waals surface area contributed by atoms with Crippen LogP contribution in [0.15, 0.2) is 18.2 Å². The SMILES string of the molecule is Cc1c(NN)cccc1C(C)(C)C. The summed E-state index contributed by atoms with van der Waals surface area (Å²) >= 11 is 0. The van der Waals surface area contributed by atoms with Gasteiger partial charge in [0.05, 0.1) is 5.69 Å². The van der Waals surface area contributed by atoms with E-state index in [2.05, 4.69) is 39.2 Å². The summed E-state index contributed by atoms with van der Waals surface area (Å²) in [6, 6.07) is 6.17. The lowest BCUT2D eigenvalue weighted by atomic mass is 9.84. The first-order valence-corrected chi connectivity index (χ1v) is 4.53. The van der Waals surface area contributed by atoms with Crippen molar-refractivity contribution < 1.29 is 0 Å². The Morgan fingerprint density at radius 3 is 2.31 bits per heavy atom. The minimum Gasteiger partial charge on any atom is -0.324 e. The maximum atomic E-state index is 5.41. The van der Waals surface area contributed by atoms with E-state index in [1.807, 2.05) is 12.1 Å². The number of hydrazine groups is 1. The molecule has 0 saturated heterocycles. The number of hydrogen-bond acceptors (Lipinski definition) is 2. The standard InChI is InChI=1S/C11H18N2/c1-8-9(11(2,3)4)6-5-7-10(8)13-12/h5-7,13H,12H2,1-4H3. The number of nitrogen functional groups attached to an aromatic ring is 1. The van der Waals surface area contributed by atoms with Crippen LogP contribution in [0.25, 0.3) is 0 Å². The van der Waals surface area contributed by atoms with E-state index in [0.29, 0.717) is 0 Å². The molecule has 0 heterocycles. The fraction of sp³-hybridized carbons (Fsp3) is 0.455. The van der Waals surface area contributed by atoms with Crippen molar-refractivity contribution in [3.05, 3.63) is 29.3 Å². The van der Waals surface area contributed by atoms with Crippen molar-refractivity contribution in [1.29, 1.82) is 0 Å². The Morgan fingerprint density at radius 1 is 1.23 bits per heavy atom. The molecule has 0 fully saturated rings. The van der Waals surface area contributed by atoms with Gasteiger partial charge in [0.2, 0.25) is 0 Å². The largest absolute Gasteiger partial charge is 0.324 e. The van der Waals surface area contributed by atoms with Crippen LogP contribution in [-0.4, -0.2) is 0 Å². The van der Waals surface area contributed by atoms with Gasteiger partial charge in [-0.1, -0.05) is 32.9 Å². The number of anilines is 1. The zero-order valence-electron chi connectivity index (χ0n) is 8.81. The molecule has 1 aromatic rings. The van der Waals surface area contributed by atoms with Crippen molar-refractivity contribution in [2.24, 2.45) is 5.84 Å². The molecule has 0 aliphatic rings. The molecule has 13 heavy (non-hydrogen) atoms. The topological polar surface area (TPSA) is 38.0 Å². The molecule has 0 spiro atoms. The van der Waals surface area contributed by atoms with Gasteiger partial charge in [-0.25, -0.2) is 0 Å². The van der Waals surface area contributed by atoms with E-state index in [-0.39, 0.29) is 5.41 Å². The molecule has 2 heteroatoms. The Hall–Kier alpha value is -1.02. The number of rotatable bonds is 1. The zero-order valence-corrected chi connectivity index (χ0v) is 8.81. The second kappa shape index (κ2) is 3.38. The normalized spacial score (nSPS) is 11.5. The lowest BCUT2D eigenvalue weighted by molar-refractivity contribution is 0.586. The Bertz CT molecular complexity index is 297. The van der Waals surface area contributed by atoms with Gasteiger partial charge in [-0.2, -0.15) is 0 Å². The first-order chi connectivity index (χ1) is 5.96. The molecule has 1 aromatic carbocycles. The van der Waals surface area contributed by atoms with Gasteiger partial charge < -0.3 is 5.43 Å². The number of benzene rings is 1. The summed E-state index contributed by atoms with van der Waals surface area (Å²) in [7, 11) is 0. The maximum absolute atomic E-state index is 5.41. The van der Waals surface area contributed by atoms with Gasteiger partial charge in [-0.05, 0) is 29.5 Å². The smallest absolute Gasteiger partial charge is 0.0517 e. The third-order valence-corrected chi connectivity index (χ3v) is 2.30. The zero-order chi connectivity index (χ0) is 10.1. The summed E-state index contributed by atoms with van der Waals surface area (Å²) in [5.74, 6) is 5.41. The summed E-state index contributed by atoms with van der Waals surface area (Å²) in [6.07, 6.45) is 0. The monoisotopic (exact) mass is 178 g/mol. The van der Waals surface area contributed by atoms with Gasteiger partial charge in [0, 0.05) is 0 Å². The summed E-state index contributed by atoms with van der Waals surface area (Å²) in [4.78, 5) is 0. The highest BCUT2D eigenvalue weighted by Gasteiger charge is 2.16. The third-order valence-electron chi connectivity index (χ3n) is 2.30. The van der Waals surface area contributed by atoms with Gasteiger partial charge in [0.25, 0.3) is 0 Å². The average Bonchev–Trinajstić information content (AvgIpc) is 2.02. The molecule has 72 valence electrons. The van der Waals surface area contributed by atoms with Crippen molar-refractivity contribution >= 4 is 5.69 Å². The van der Waals surface area contributed by atoms with Gasteiger partial charge >= 0.3 is 0 Å². The first kappa shape index (κ1) is 10.1. The molecule has 2 nitrogen and oxygen atoms in total. The fourth-order valence-electron chi connectivity index (χ4n) is 1.60. The highest BCUT2D eigenvalue weighted by Crippen LogP contribution is 2.29. The number of hydrogen-bond donors (Lipinski definition) is 2. The Balaban J connectivity index is 3.24. The van der Waals surface area contributed by atoms with Crippen LogP contribution >= 0.6 is 0 Å².